The van der Waals surface area contributed by atoms with Gasteiger partial charge in [-0.3, -0.25) is 0 Å². The maximum atomic E-state index is 6.57. The molecule has 0 bridgehead atoms. The minimum atomic E-state index is 0.896. The maximum Gasteiger partial charge on any atom is 0.144 e. The highest BCUT2D eigenvalue weighted by molar-refractivity contribution is 6.24. The molecule has 2 heterocycles. The minimum Gasteiger partial charge on any atom is -0.455 e. The average Bonchev–Trinajstić information content (AvgIpc) is 3.68. The normalized spacial score (nSPS) is 11.5. The van der Waals surface area contributed by atoms with Crippen molar-refractivity contribution in [2.75, 3.05) is 0 Å². The molecule has 0 aliphatic rings. The van der Waals surface area contributed by atoms with Crippen molar-refractivity contribution in [1.29, 1.82) is 0 Å². The molecule has 0 aliphatic heterocycles. The lowest BCUT2D eigenvalue weighted by Gasteiger charge is -2.14. The molecule has 0 saturated heterocycles. The molecule has 2 aromatic heterocycles. The Labute approximate surface area is 331 Å². The van der Waals surface area contributed by atoms with Gasteiger partial charge in [0, 0.05) is 32.5 Å². The van der Waals surface area contributed by atoms with Crippen molar-refractivity contribution in [1.82, 2.24) is 4.98 Å². The molecule has 0 unspecified atom stereocenters. The molecule has 0 N–H and O–H groups in total. The van der Waals surface area contributed by atoms with Crippen molar-refractivity contribution >= 4 is 43.6 Å². The van der Waals surface area contributed by atoms with Crippen molar-refractivity contribution in [2.24, 2.45) is 0 Å². The van der Waals surface area contributed by atoms with E-state index in [1.165, 1.54) is 44.5 Å². The van der Waals surface area contributed by atoms with Gasteiger partial charge >= 0.3 is 0 Å². The number of benzene rings is 9. The molecule has 0 spiro atoms. The fraction of sp³-hybridized carbons (Fsp3) is 0. The predicted octanol–water partition coefficient (Wildman–Crippen LogP) is 15.3. The highest BCUT2D eigenvalue weighted by Gasteiger charge is 2.17. The number of para-hydroxylation sites is 2. The molecule has 11 rings (SSSR count). The van der Waals surface area contributed by atoms with Gasteiger partial charge in [0.1, 0.15) is 11.2 Å². The smallest absolute Gasteiger partial charge is 0.144 e. The van der Waals surface area contributed by atoms with Crippen LogP contribution in [0.1, 0.15) is 0 Å². The molecule has 0 fully saturated rings. The van der Waals surface area contributed by atoms with Crippen molar-refractivity contribution < 1.29 is 4.42 Å². The second kappa shape index (κ2) is 13.6. The molecular formula is C55H35NO. The van der Waals surface area contributed by atoms with E-state index in [1.54, 1.807) is 0 Å². The van der Waals surface area contributed by atoms with Crippen LogP contribution in [0.25, 0.3) is 111 Å². The molecule has 2 heteroatoms. The molecule has 266 valence electrons. The van der Waals surface area contributed by atoms with Crippen LogP contribution in [0.15, 0.2) is 217 Å². The van der Waals surface area contributed by atoms with E-state index >= 15 is 0 Å². The van der Waals surface area contributed by atoms with Crippen molar-refractivity contribution in [3.05, 3.63) is 212 Å². The molecule has 2 nitrogen and oxygen atoms in total. The highest BCUT2D eigenvalue weighted by atomic mass is 16.3. The third-order valence-electron chi connectivity index (χ3n) is 11.3. The molecule has 57 heavy (non-hydrogen) atoms. The van der Waals surface area contributed by atoms with Gasteiger partial charge < -0.3 is 4.42 Å². The first kappa shape index (κ1) is 32.8. The number of hydrogen-bond donors (Lipinski definition) is 0. The summed E-state index contributed by atoms with van der Waals surface area (Å²) in [6, 6.07) is 75.9. The van der Waals surface area contributed by atoms with Gasteiger partial charge in [-0.25, -0.2) is 4.98 Å². The summed E-state index contributed by atoms with van der Waals surface area (Å²) < 4.78 is 6.57. The molecule has 0 radical (unpaired) electrons. The highest BCUT2D eigenvalue weighted by Crippen LogP contribution is 2.41. The monoisotopic (exact) mass is 725 g/mol. The van der Waals surface area contributed by atoms with Crippen LogP contribution in [0.5, 0.6) is 0 Å². The summed E-state index contributed by atoms with van der Waals surface area (Å²) >= 11 is 0. The Kier molecular flexibility index (Phi) is 7.86. The first-order chi connectivity index (χ1) is 28.2. The van der Waals surface area contributed by atoms with Gasteiger partial charge in [0.2, 0.25) is 0 Å². The van der Waals surface area contributed by atoms with Crippen LogP contribution in [0.4, 0.5) is 0 Å². The zero-order chi connectivity index (χ0) is 37.7. The topological polar surface area (TPSA) is 26.0 Å². The van der Waals surface area contributed by atoms with Crippen LogP contribution in [-0.2, 0) is 0 Å². The largest absolute Gasteiger partial charge is 0.455 e. The number of hydrogen-bond acceptors (Lipinski definition) is 2. The summed E-state index contributed by atoms with van der Waals surface area (Å²) in [5, 5.41) is 5.52. The Morgan fingerprint density at radius 1 is 0.281 bits per heavy atom. The van der Waals surface area contributed by atoms with Gasteiger partial charge in [-0.2, -0.15) is 0 Å². The standard InChI is InChI=1S/C55H35NO/c1-3-11-36(12-4-1)38-19-23-40(24-20-38)44-33-45(41-25-21-39(22-26-41)37-13-5-2-6-14-37)35-46(34-44)42-27-29-43(30-28-42)54-50-32-31-48-47-15-8-10-18-52(47)57-55(48)53(50)49-16-7-9-17-51(49)56-54/h1-35H. The van der Waals surface area contributed by atoms with Gasteiger partial charge in [0.25, 0.3) is 0 Å². The summed E-state index contributed by atoms with van der Waals surface area (Å²) in [7, 11) is 0. The average molecular weight is 726 g/mol. The van der Waals surface area contributed by atoms with E-state index in [2.05, 4.69) is 200 Å². The number of fused-ring (bicyclic) bond motifs is 7. The van der Waals surface area contributed by atoms with Gasteiger partial charge in [0.15, 0.2) is 0 Å². The van der Waals surface area contributed by atoms with Crippen LogP contribution in [0.3, 0.4) is 0 Å². The Hall–Kier alpha value is -7.55. The zero-order valence-electron chi connectivity index (χ0n) is 31.1. The zero-order valence-corrected chi connectivity index (χ0v) is 31.1. The van der Waals surface area contributed by atoms with Crippen LogP contribution in [0.2, 0.25) is 0 Å². The van der Waals surface area contributed by atoms with Crippen LogP contribution in [0, 0.1) is 0 Å². The van der Waals surface area contributed by atoms with Crippen LogP contribution >= 0.6 is 0 Å². The van der Waals surface area contributed by atoms with Gasteiger partial charge in [-0.15, -0.1) is 0 Å². The van der Waals surface area contributed by atoms with E-state index in [-0.39, 0.29) is 0 Å². The summed E-state index contributed by atoms with van der Waals surface area (Å²) in [5.41, 5.74) is 16.6. The molecule has 11 aromatic rings. The molecule has 0 amide bonds. The van der Waals surface area contributed by atoms with Crippen molar-refractivity contribution in [3.8, 4) is 66.9 Å². The number of furan rings is 1. The lowest BCUT2D eigenvalue weighted by Crippen LogP contribution is -1.91. The second-order valence-corrected chi connectivity index (χ2v) is 14.7. The Bertz CT molecular complexity index is 3130. The van der Waals surface area contributed by atoms with E-state index in [4.69, 9.17) is 9.40 Å². The Morgan fingerprint density at radius 3 is 1.23 bits per heavy atom. The van der Waals surface area contributed by atoms with Crippen molar-refractivity contribution in [3.63, 3.8) is 0 Å². The summed E-state index contributed by atoms with van der Waals surface area (Å²) in [6.07, 6.45) is 0. The SMILES string of the molecule is c1ccc(-c2ccc(-c3cc(-c4ccc(-c5ccccc5)cc4)cc(-c4ccc(-c5nc6ccccc6c6c5ccc5c7ccccc7oc56)cc4)c3)cc2)cc1. The van der Waals surface area contributed by atoms with Gasteiger partial charge in [0.05, 0.1) is 11.2 Å². The van der Waals surface area contributed by atoms with Gasteiger partial charge in [-0.1, -0.05) is 176 Å². The second-order valence-electron chi connectivity index (χ2n) is 14.7. The molecule has 0 atom stereocenters. The Morgan fingerprint density at radius 2 is 0.684 bits per heavy atom. The van der Waals surface area contributed by atoms with Crippen LogP contribution < -0.4 is 0 Å². The Balaban J connectivity index is 1.02. The maximum absolute atomic E-state index is 6.57. The fourth-order valence-corrected chi connectivity index (χ4v) is 8.36. The summed E-state index contributed by atoms with van der Waals surface area (Å²) in [4.78, 5) is 5.26. The lowest BCUT2D eigenvalue weighted by atomic mass is 9.91. The number of pyridine rings is 1. The summed E-state index contributed by atoms with van der Waals surface area (Å²) in [5.74, 6) is 0. The molecule has 0 aliphatic carbocycles. The molecule has 0 saturated carbocycles. The first-order valence-corrected chi connectivity index (χ1v) is 19.4. The number of rotatable bonds is 6. The quantitative estimate of drug-likeness (QED) is 0.160. The molecular weight excluding hydrogens is 691 g/mol. The van der Waals surface area contributed by atoms with Gasteiger partial charge in [-0.05, 0) is 92.0 Å². The van der Waals surface area contributed by atoms with E-state index in [1.807, 2.05) is 12.1 Å². The third-order valence-corrected chi connectivity index (χ3v) is 11.3. The van der Waals surface area contributed by atoms with Crippen molar-refractivity contribution in [2.45, 2.75) is 0 Å². The first-order valence-electron chi connectivity index (χ1n) is 19.4. The fourth-order valence-electron chi connectivity index (χ4n) is 8.36. The van der Waals surface area contributed by atoms with Crippen LogP contribution in [-0.4, -0.2) is 4.98 Å². The number of nitrogens with zero attached hydrogens (tertiary/aromatic N) is 1. The lowest BCUT2D eigenvalue weighted by molar-refractivity contribution is 0.673. The van der Waals surface area contributed by atoms with E-state index in [9.17, 15) is 0 Å². The molecule has 9 aromatic carbocycles. The third kappa shape index (κ3) is 5.87. The number of aromatic nitrogens is 1. The van der Waals surface area contributed by atoms with E-state index in [0.29, 0.717) is 0 Å². The van der Waals surface area contributed by atoms with E-state index in [0.717, 1.165) is 66.0 Å². The summed E-state index contributed by atoms with van der Waals surface area (Å²) in [6.45, 7) is 0. The predicted molar refractivity (Wildman–Crippen MR) is 239 cm³/mol. The minimum absolute atomic E-state index is 0.896. The van der Waals surface area contributed by atoms with E-state index < -0.39 is 0 Å².